The lowest BCUT2D eigenvalue weighted by atomic mass is 10.0. The largest absolute Gasteiger partial charge is 0.370 e. The second-order valence-corrected chi connectivity index (χ2v) is 11.9. The molecule has 0 unspecified atom stereocenters. The molecular weight excluding hydrogens is 668 g/mol. The zero-order valence-corrected chi connectivity index (χ0v) is 26.3. The summed E-state index contributed by atoms with van der Waals surface area (Å²) < 4.78 is 3.27. The lowest BCUT2D eigenvalue weighted by molar-refractivity contribution is -0.127. The van der Waals surface area contributed by atoms with E-state index < -0.39 is 11.6 Å². The summed E-state index contributed by atoms with van der Waals surface area (Å²) in [7, 11) is 0. The van der Waals surface area contributed by atoms with Crippen molar-refractivity contribution >= 4 is 71.8 Å². The third-order valence-corrected chi connectivity index (χ3v) is 9.44. The van der Waals surface area contributed by atoms with Crippen LogP contribution in [-0.4, -0.2) is 48.4 Å². The number of amides is 3. The van der Waals surface area contributed by atoms with Crippen LogP contribution >= 0.6 is 48.2 Å². The Labute approximate surface area is 246 Å². The number of hydrogen-bond acceptors (Lipinski definition) is 6. The molecule has 5 heterocycles. The summed E-state index contributed by atoms with van der Waals surface area (Å²) in [6.45, 7) is 13.8. The molecule has 2 aromatic rings. The number of nitrogens with zero attached hydrogens (tertiary/aromatic N) is 4. The number of anilines is 2. The van der Waals surface area contributed by atoms with Crippen LogP contribution in [0.3, 0.4) is 0 Å². The van der Waals surface area contributed by atoms with Crippen molar-refractivity contribution in [2.24, 2.45) is 0 Å². The maximum absolute atomic E-state index is 11.2. The molecule has 0 radical (unpaired) electrons. The van der Waals surface area contributed by atoms with Crippen LogP contribution in [0.5, 0.6) is 0 Å². The van der Waals surface area contributed by atoms with Gasteiger partial charge in [0.2, 0.25) is 0 Å². The summed E-state index contributed by atoms with van der Waals surface area (Å²) in [4.78, 5) is 31.3. The van der Waals surface area contributed by atoms with Gasteiger partial charge >= 0.3 is 6.03 Å². The predicted octanol–water partition coefficient (Wildman–Crippen LogP) is 7.16. The van der Waals surface area contributed by atoms with Crippen LogP contribution in [0, 0.1) is 27.7 Å². The number of rotatable bonds is 0. The molecule has 0 aliphatic carbocycles. The number of carbonyl (C=O) groups is 2. The van der Waals surface area contributed by atoms with Crippen molar-refractivity contribution in [2.75, 3.05) is 23.7 Å². The molecule has 0 saturated carbocycles. The predicted molar refractivity (Wildman–Crippen MR) is 161 cm³/mol. The molecule has 5 rings (SSSR count). The summed E-state index contributed by atoms with van der Waals surface area (Å²) >= 11 is 9.41. The fourth-order valence-corrected chi connectivity index (χ4v) is 5.76. The highest BCUT2D eigenvalue weighted by molar-refractivity contribution is 9.10. The van der Waals surface area contributed by atoms with Crippen LogP contribution < -0.4 is 10.6 Å². The number of urea groups is 1. The van der Waals surface area contributed by atoms with Crippen molar-refractivity contribution in [3.8, 4) is 0 Å². The number of pyridine rings is 2. The van der Waals surface area contributed by atoms with Crippen LogP contribution in [-0.2, 0) is 17.6 Å². The molecule has 11 heteroatoms. The van der Waals surface area contributed by atoms with E-state index in [4.69, 9.17) is 0 Å². The van der Waals surface area contributed by atoms with Gasteiger partial charge in [0.05, 0.1) is 38.0 Å². The van der Waals surface area contributed by atoms with Gasteiger partial charge in [-0.15, -0.1) is 0 Å². The SMILES string of the molecule is C.CC1(C)C(=O)N(Br)C(=O)N1Br.Cc1cc(C)c2c(n1)NCCC2.Cc1nc2c(c(C)c1Br)CCCN2. The summed E-state index contributed by atoms with van der Waals surface area (Å²) in [5, 5.41) is 6.67. The van der Waals surface area contributed by atoms with Gasteiger partial charge in [0, 0.05) is 23.3 Å². The maximum Gasteiger partial charge on any atom is 0.348 e. The van der Waals surface area contributed by atoms with Crippen molar-refractivity contribution in [1.29, 1.82) is 0 Å². The van der Waals surface area contributed by atoms with E-state index in [1.807, 2.05) is 13.8 Å². The second-order valence-electron chi connectivity index (χ2n) is 9.64. The fraction of sp³-hybridized carbons (Fsp3) is 0.538. The second kappa shape index (κ2) is 12.9. The molecular formula is C26H37Br3N6O2. The first-order valence-corrected chi connectivity index (χ1v) is 14.2. The van der Waals surface area contributed by atoms with E-state index in [1.165, 1.54) is 45.4 Å². The first-order valence-electron chi connectivity index (χ1n) is 12.0. The minimum Gasteiger partial charge on any atom is -0.370 e. The van der Waals surface area contributed by atoms with Crippen LogP contribution in [0.15, 0.2) is 10.5 Å². The van der Waals surface area contributed by atoms with Gasteiger partial charge in [0.1, 0.15) is 17.2 Å². The Hall–Kier alpha value is -1.72. The fourth-order valence-electron chi connectivity index (χ4n) is 4.31. The molecule has 3 amide bonds. The highest BCUT2D eigenvalue weighted by Crippen LogP contribution is 2.32. The van der Waals surface area contributed by atoms with Gasteiger partial charge in [-0.3, -0.25) is 4.79 Å². The number of imide groups is 1. The number of fused-ring (bicyclic) bond motifs is 2. The molecule has 0 spiro atoms. The van der Waals surface area contributed by atoms with Crippen molar-refractivity contribution in [3.05, 3.63) is 44.2 Å². The molecule has 8 nitrogen and oxygen atoms in total. The number of carbonyl (C=O) groups excluding carboxylic acids is 2. The smallest absolute Gasteiger partial charge is 0.348 e. The Morgan fingerprint density at radius 3 is 1.95 bits per heavy atom. The molecule has 0 aromatic carbocycles. The van der Waals surface area contributed by atoms with E-state index in [1.54, 1.807) is 13.8 Å². The molecule has 1 fully saturated rings. The van der Waals surface area contributed by atoms with Gasteiger partial charge in [-0.1, -0.05) is 7.43 Å². The normalized spacial score (nSPS) is 17.1. The van der Waals surface area contributed by atoms with E-state index in [2.05, 4.69) is 88.7 Å². The lowest BCUT2D eigenvalue weighted by Gasteiger charge is -2.20. The zero-order chi connectivity index (χ0) is 26.8. The molecule has 1 saturated heterocycles. The molecule has 204 valence electrons. The Morgan fingerprint density at radius 1 is 0.919 bits per heavy atom. The highest BCUT2D eigenvalue weighted by atomic mass is 79.9. The molecule has 2 N–H and O–H groups in total. The van der Waals surface area contributed by atoms with Crippen molar-refractivity contribution in [3.63, 3.8) is 0 Å². The summed E-state index contributed by atoms with van der Waals surface area (Å²) in [5.41, 5.74) is 6.89. The van der Waals surface area contributed by atoms with Gasteiger partial charge in [-0.2, -0.15) is 3.93 Å². The molecule has 0 bridgehead atoms. The third kappa shape index (κ3) is 6.84. The van der Waals surface area contributed by atoms with Crippen LogP contribution in [0.4, 0.5) is 16.4 Å². The monoisotopic (exact) mass is 702 g/mol. The summed E-state index contributed by atoms with van der Waals surface area (Å²) in [6, 6.07) is 1.76. The van der Waals surface area contributed by atoms with E-state index in [0.717, 1.165) is 50.9 Å². The third-order valence-electron chi connectivity index (χ3n) is 6.46. The molecule has 2 aromatic heterocycles. The van der Waals surface area contributed by atoms with Gasteiger partial charge < -0.3 is 10.6 Å². The van der Waals surface area contributed by atoms with Crippen LogP contribution in [0.25, 0.3) is 0 Å². The van der Waals surface area contributed by atoms with Gasteiger partial charge in [0.15, 0.2) is 0 Å². The summed E-state index contributed by atoms with van der Waals surface area (Å²) in [6.07, 6.45) is 4.78. The molecule has 3 aliphatic rings. The first kappa shape index (κ1) is 31.5. The van der Waals surface area contributed by atoms with E-state index >= 15 is 0 Å². The first-order chi connectivity index (χ1) is 16.9. The lowest BCUT2D eigenvalue weighted by Crippen LogP contribution is -2.37. The van der Waals surface area contributed by atoms with Crippen molar-refractivity contribution in [1.82, 2.24) is 17.8 Å². The topological polar surface area (TPSA) is 90.5 Å². The number of hydrogen-bond donors (Lipinski definition) is 2. The van der Waals surface area contributed by atoms with Crippen LogP contribution in [0.2, 0.25) is 0 Å². The number of nitrogens with one attached hydrogen (secondary N) is 2. The quantitative estimate of drug-likeness (QED) is 0.224. The number of halogens is 3. The number of aromatic nitrogens is 2. The van der Waals surface area contributed by atoms with Gasteiger partial charge in [-0.25, -0.2) is 18.7 Å². The summed E-state index contributed by atoms with van der Waals surface area (Å²) in [5.74, 6) is 1.92. The average molecular weight is 705 g/mol. The molecule has 37 heavy (non-hydrogen) atoms. The van der Waals surface area contributed by atoms with E-state index in [9.17, 15) is 9.59 Å². The Bertz CT molecular complexity index is 1170. The minimum atomic E-state index is -0.805. The van der Waals surface area contributed by atoms with Gasteiger partial charge in [-0.05, 0) is 111 Å². The average Bonchev–Trinajstić information content (AvgIpc) is 2.98. The number of aryl methyl sites for hydroxylation is 3. The Morgan fingerprint density at radius 2 is 1.46 bits per heavy atom. The van der Waals surface area contributed by atoms with Crippen molar-refractivity contribution in [2.45, 2.75) is 80.2 Å². The van der Waals surface area contributed by atoms with Gasteiger partial charge in [0.25, 0.3) is 5.91 Å². The maximum atomic E-state index is 11.2. The highest BCUT2D eigenvalue weighted by Gasteiger charge is 2.50. The molecule has 0 atom stereocenters. The Balaban J connectivity index is 0.000000193. The molecule has 3 aliphatic heterocycles. The van der Waals surface area contributed by atoms with E-state index in [-0.39, 0.29) is 13.3 Å². The standard InChI is InChI=1S/C10H13BrN2.C10H14N2.C5H6Br2N2O2.CH4/c1-6-8-4-3-5-12-10(8)13-7(2)9(6)11;1-7-6-8(2)12-10-9(7)4-3-5-11-10;1-5(2)3(10)8(6)4(11)9(5)7;/h3-5H2,1-2H3,(H,12,13);6H,3-5H2,1-2H3,(H,11,12);1-2H3;1H4. The Kier molecular flexibility index (Phi) is 11.0. The van der Waals surface area contributed by atoms with Crippen molar-refractivity contribution < 1.29 is 9.59 Å². The minimum absolute atomic E-state index is 0. The zero-order valence-electron chi connectivity index (χ0n) is 21.6. The van der Waals surface area contributed by atoms with E-state index in [0.29, 0.717) is 0 Å². The van der Waals surface area contributed by atoms with Crippen LogP contribution in [0.1, 0.15) is 67.8 Å².